The highest BCUT2D eigenvalue weighted by Gasteiger charge is 2.40. The molecule has 2 heterocycles. The zero-order valence-electron chi connectivity index (χ0n) is 42.6. The molecule has 2 saturated heterocycles. The Morgan fingerprint density at radius 3 is 1.85 bits per heavy atom. The number of likely N-dealkylation sites (tertiary alicyclic amines) is 1. The van der Waals surface area contributed by atoms with Crippen LogP contribution in [-0.2, 0) is 51.2 Å². The number of Topliss-reactive ketones (excluding diaryl/α,β-unsaturated/α-hetero) is 1. The van der Waals surface area contributed by atoms with E-state index in [0.29, 0.717) is 36.9 Å². The van der Waals surface area contributed by atoms with Crippen molar-refractivity contribution in [3.63, 3.8) is 0 Å². The number of amides is 7. The summed E-state index contributed by atoms with van der Waals surface area (Å²) >= 11 is 0. The molecule has 0 unspecified atom stereocenters. The van der Waals surface area contributed by atoms with E-state index >= 15 is 0 Å². The summed E-state index contributed by atoms with van der Waals surface area (Å²) in [7, 11) is 3.62. The van der Waals surface area contributed by atoms with E-state index in [9.17, 15) is 48.6 Å². The van der Waals surface area contributed by atoms with Crippen molar-refractivity contribution in [2.24, 2.45) is 17.6 Å². The number of β-amino-alcohol motifs (C(OH)–C–C–N with tert-alkyl or cyclic N) is 1. The largest absolute Gasteiger partial charge is 0.377 e. The van der Waals surface area contributed by atoms with Gasteiger partial charge in [0.15, 0.2) is 0 Å². The van der Waals surface area contributed by atoms with Gasteiger partial charge < -0.3 is 53.2 Å². The van der Waals surface area contributed by atoms with Crippen molar-refractivity contribution in [1.82, 2.24) is 47.4 Å². The number of aliphatic hydroxyl groups is 2. The highest BCUT2D eigenvalue weighted by atomic mass is 33.1. The summed E-state index contributed by atoms with van der Waals surface area (Å²) in [5, 5.41) is 44.2. The molecular formula is C50H76N10O10S2. The molecule has 0 radical (unpaired) electrons. The summed E-state index contributed by atoms with van der Waals surface area (Å²) in [6.45, 7) is 12.4. The average Bonchev–Trinajstić information content (AvgIpc) is 3.82. The van der Waals surface area contributed by atoms with Crippen LogP contribution in [0.5, 0.6) is 0 Å². The molecule has 398 valence electrons. The monoisotopic (exact) mass is 1040 g/mol. The van der Waals surface area contributed by atoms with Crippen LogP contribution in [0, 0.1) is 25.7 Å². The van der Waals surface area contributed by atoms with Gasteiger partial charge in [-0.15, -0.1) is 0 Å². The topological polar surface area (TPSA) is 303 Å². The molecular weight excluding hydrogens is 965 g/mol. The molecule has 0 spiro atoms. The first-order valence-electron chi connectivity index (χ1n) is 24.6. The number of nitrogens with one attached hydrogen (secondary N) is 8. The fourth-order valence-corrected chi connectivity index (χ4v) is 10.7. The second-order valence-corrected chi connectivity index (χ2v) is 22.1. The molecule has 12 N–H and O–H groups in total. The fraction of sp³-hybridized carbons (Fsp3) is 0.600. The number of hydrogen-bond acceptors (Lipinski definition) is 15. The number of aryl methyl sites for hydroxylation is 2. The summed E-state index contributed by atoms with van der Waals surface area (Å²) in [6, 6.07) is 5.40. The van der Waals surface area contributed by atoms with Crippen molar-refractivity contribution in [3.8, 4) is 0 Å². The van der Waals surface area contributed by atoms with Crippen LogP contribution in [0.1, 0.15) is 82.6 Å². The maximum Gasteiger partial charge on any atom is 0.244 e. The molecule has 0 saturated carbocycles. The summed E-state index contributed by atoms with van der Waals surface area (Å²) in [5.41, 5.74) is 9.60. The number of nitrogens with two attached hydrogens (primary N) is 1. The van der Waals surface area contributed by atoms with Gasteiger partial charge >= 0.3 is 0 Å². The number of aliphatic hydroxyl groups excluding tert-OH is 2. The third kappa shape index (κ3) is 18.7. The molecule has 22 heteroatoms. The van der Waals surface area contributed by atoms with Gasteiger partial charge in [0.1, 0.15) is 48.4 Å². The zero-order valence-corrected chi connectivity index (χ0v) is 44.3. The number of rotatable bonds is 14. The van der Waals surface area contributed by atoms with Crippen LogP contribution in [0.15, 0.2) is 48.5 Å². The van der Waals surface area contributed by atoms with Crippen LogP contribution >= 0.6 is 21.6 Å². The summed E-state index contributed by atoms with van der Waals surface area (Å²) in [4.78, 5) is 113. The Kier molecular flexibility index (Phi) is 23.9. The lowest BCUT2D eigenvalue weighted by Crippen LogP contribution is -2.61. The van der Waals surface area contributed by atoms with Crippen molar-refractivity contribution in [2.45, 2.75) is 148 Å². The second-order valence-electron chi connectivity index (χ2n) is 19.5. The van der Waals surface area contributed by atoms with Gasteiger partial charge in [0, 0.05) is 50.4 Å². The predicted octanol–water partition coefficient (Wildman–Crippen LogP) is -0.162. The highest BCUT2D eigenvalue weighted by molar-refractivity contribution is 8.76. The van der Waals surface area contributed by atoms with Crippen molar-refractivity contribution < 1.29 is 48.6 Å². The minimum absolute atomic E-state index is 0.00103. The van der Waals surface area contributed by atoms with Gasteiger partial charge in [-0.2, -0.15) is 0 Å². The third-order valence-electron chi connectivity index (χ3n) is 12.4. The number of carbonyl (C=O) groups is 8. The first-order valence-corrected chi connectivity index (χ1v) is 27.0. The Hall–Kier alpha value is -5.10. The molecule has 2 aliphatic heterocycles. The quantitative estimate of drug-likeness (QED) is 0.110. The number of benzene rings is 2. The van der Waals surface area contributed by atoms with E-state index in [1.807, 2.05) is 52.0 Å². The maximum absolute atomic E-state index is 14.5. The Balaban J connectivity index is 1.76. The number of likely N-dealkylation sites (N-methyl/N-ethyl adjacent to an activating group) is 1. The molecule has 20 nitrogen and oxygen atoms in total. The third-order valence-corrected chi connectivity index (χ3v) is 14.9. The minimum atomic E-state index is -1.54. The average molecular weight is 1040 g/mol. The van der Waals surface area contributed by atoms with Crippen LogP contribution in [0.2, 0.25) is 0 Å². The zero-order chi connectivity index (χ0) is 53.2. The summed E-state index contributed by atoms with van der Waals surface area (Å²) < 4.78 is 0. The molecule has 2 aromatic carbocycles. The van der Waals surface area contributed by atoms with E-state index in [-0.39, 0.29) is 36.8 Å². The van der Waals surface area contributed by atoms with E-state index < -0.39 is 120 Å². The lowest BCUT2D eigenvalue weighted by Gasteiger charge is -2.33. The molecule has 0 bridgehead atoms. The number of ketones is 1. The van der Waals surface area contributed by atoms with Crippen LogP contribution in [0.25, 0.3) is 0 Å². The van der Waals surface area contributed by atoms with Gasteiger partial charge in [-0.25, -0.2) is 0 Å². The van der Waals surface area contributed by atoms with Crippen LogP contribution < -0.4 is 48.3 Å². The molecule has 2 aliphatic rings. The maximum atomic E-state index is 14.5. The summed E-state index contributed by atoms with van der Waals surface area (Å²) in [5.74, 6) is -5.77. The van der Waals surface area contributed by atoms with Gasteiger partial charge in [-0.1, -0.05) is 109 Å². The fourth-order valence-electron chi connectivity index (χ4n) is 8.41. The van der Waals surface area contributed by atoms with E-state index in [2.05, 4.69) is 42.5 Å². The molecule has 4 rings (SSSR count). The number of carbonyl (C=O) groups excluding carboxylic acids is 8. The molecule has 10 atom stereocenters. The lowest BCUT2D eigenvalue weighted by atomic mass is 10.0. The Bertz CT molecular complexity index is 2170. The molecule has 2 fully saturated rings. The molecule has 7 amide bonds. The second kappa shape index (κ2) is 29.0. The number of hydrogen-bond donors (Lipinski definition) is 11. The van der Waals surface area contributed by atoms with Crippen molar-refractivity contribution in [3.05, 3.63) is 70.8 Å². The van der Waals surface area contributed by atoms with Crippen LogP contribution in [-0.4, -0.2) is 155 Å². The van der Waals surface area contributed by atoms with Gasteiger partial charge in [0.05, 0.1) is 18.6 Å². The highest BCUT2D eigenvalue weighted by Crippen LogP contribution is 2.26. The smallest absolute Gasteiger partial charge is 0.244 e. The van der Waals surface area contributed by atoms with E-state index in [1.54, 1.807) is 43.0 Å². The molecule has 2 aromatic rings. The van der Waals surface area contributed by atoms with Crippen molar-refractivity contribution >= 4 is 68.7 Å². The summed E-state index contributed by atoms with van der Waals surface area (Å²) in [6.07, 6.45) is -1.74. The first kappa shape index (κ1) is 59.5. The molecule has 0 aliphatic carbocycles. The SMILES string of the molecule is CNC(=O)[C@@H]1CSSC[C@H](NC(=O)[C@@H]2CCCN2[C@H](O)[C@@H](N)CC(C)C)C(=O)N[C@@H](CC(C)=O)C(=O)N[C@@H](Cc2ccc(C)cc2)C(=O)N[C@@H](Cc2ccc(C)cc2)C(=O)NC[C@@H](O)N[C@@H](C(C)C)C(=O)N1. The molecule has 0 aromatic heterocycles. The van der Waals surface area contributed by atoms with Crippen LogP contribution in [0.4, 0.5) is 0 Å². The van der Waals surface area contributed by atoms with E-state index in [4.69, 9.17) is 5.73 Å². The van der Waals surface area contributed by atoms with Crippen molar-refractivity contribution in [2.75, 3.05) is 31.6 Å². The number of nitrogens with zero attached hydrogens (tertiary/aromatic N) is 1. The Morgan fingerprint density at radius 1 is 0.764 bits per heavy atom. The van der Waals surface area contributed by atoms with Gasteiger partial charge in [-0.05, 0) is 63.0 Å². The standard InChI is InChI=1S/C50H76N10O10S2/c1-27(2)20-34(51)50(70)60-19-9-10-40(60)48(68)57-39-26-72-71-25-38(43(63)52-8)58-49(69)42(28(3)4)59-41(62)24-53-44(64)36(22-32-15-11-29(5)12-16-32)55-46(66)37(23-33-17-13-30(6)14-18-33)56-45(65)35(21-31(7)61)54-47(39)67/h11-18,27-28,34-42,50,59,62,70H,9-10,19-26,51H2,1-8H3,(H,52,63)(H,53,64)(H,54,67)(H,55,66)(H,56,65)(H,57,68)(H,58,69)/t34-,35-,36-,37-,38-,39-,40-,41+,42-,50+/m0/s1. The van der Waals surface area contributed by atoms with Gasteiger partial charge in [0.25, 0.3) is 0 Å². The van der Waals surface area contributed by atoms with E-state index in [0.717, 1.165) is 32.7 Å². The van der Waals surface area contributed by atoms with E-state index in [1.165, 1.54) is 14.0 Å². The molecule has 72 heavy (non-hydrogen) atoms. The Morgan fingerprint density at radius 2 is 1.31 bits per heavy atom. The van der Waals surface area contributed by atoms with Gasteiger partial charge in [-0.3, -0.25) is 48.6 Å². The Labute approximate surface area is 430 Å². The normalized spacial score (nSPS) is 25.8. The van der Waals surface area contributed by atoms with Crippen LogP contribution in [0.3, 0.4) is 0 Å². The van der Waals surface area contributed by atoms with Gasteiger partial charge in [0.2, 0.25) is 41.4 Å². The first-order chi connectivity index (χ1) is 34.1. The predicted molar refractivity (Wildman–Crippen MR) is 278 cm³/mol. The van der Waals surface area contributed by atoms with Crippen molar-refractivity contribution in [1.29, 1.82) is 0 Å². The minimum Gasteiger partial charge on any atom is -0.377 e. The lowest BCUT2D eigenvalue weighted by molar-refractivity contribution is -0.136.